The SMILES string of the molecule is Cc1nsc(Nc2cnc(C(F)(F)F)cn2)c1C(=O)Nc1ccc(F)c(OC2CCN(CCC(F)(F)F)C2)c1. The maximum atomic E-state index is 14.4. The van der Waals surface area contributed by atoms with E-state index in [2.05, 4.69) is 25.0 Å². The fraction of sp³-hybridized carbons (Fsp3) is 0.391. The first kappa shape index (κ1) is 28.5. The van der Waals surface area contributed by atoms with E-state index < -0.39 is 42.3 Å². The second kappa shape index (κ2) is 11.3. The molecule has 4 rings (SSSR count). The van der Waals surface area contributed by atoms with Crippen LogP contribution >= 0.6 is 11.5 Å². The lowest BCUT2D eigenvalue weighted by molar-refractivity contribution is -0.141. The largest absolute Gasteiger partial charge is 0.486 e. The predicted octanol–water partition coefficient (Wildman–Crippen LogP) is 5.80. The van der Waals surface area contributed by atoms with Crippen LogP contribution < -0.4 is 15.4 Å². The monoisotopic (exact) mass is 578 g/mol. The number of nitrogens with one attached hydrogen (secondary N) is 2. The molecule has 1 aliphatic rings. The average Bonchev–Trinajstić information content (AvgIpc) is 3.45. The number of nitrogens with zero attached hydrogens (tertiary/aromatic N) is 4. The highest BCUT2D eigenvalue weighted by atomic mass is 32.1. The van der Waals surface area contributed by atoms with Gasteiger partial charge in [-0.05, 0) is 37.0 Å². The lowest BCUT2D eigenvalue weighted by Crippen LogP contribution is -2.28. The van der Waals surface area contributed by atoms with Crippen LogP contribution in [0.5, 0.6) is 5.75 Å². The van der Waals surface area contributed by atoms with Crippen molar-refractivity contribution >= 4 is 33.9 Å². The Kier molecular flexibility index (Phi) is 8.25. The molecule has 0 spiro atoms. The summed E-state index contributed by atoms with van der Waals surface area (Å²) in [6.45, 7) is 1.96. The number of carbonyl (C=O) groups is 1. The van der Waals surface area contributed by atoms with Crippen LogP contribution in [-0.2, 0) is 6.18 Å². The molecule has 2 N–H and O–H groups in total. The van der Waals surface area contributed by atoms with Crippen molar-refractivity contribution in [2.75, 3.05) is 30.3 Å². The molecule has 0 saturated carbocycles. The van der Waals surface area contributed by atoms with Gasteiger partial charge in [0.25, 0.3) is 5.91 Å². The van der Waals surface area contributed by atoms with E-state index in [1.54, 1.807) is 11.8 Å². The van der Waals surface area contributed by atoms with Gasteiger partial charge in [0.1, 0.15) is 16.9 Å². The first-order chi connectivity index (χ1) is 18.3. The van der Waals surface area contributed by atoms with Crippen molar-refractivity contribution in [3.8, 4) is 5.75 Å². The standard InChI is InChI=1S/C23H21F7N6O2S/c1-12-19(21(39-35-12)34-18-10-31-17(9-32-18)23(28,29)30)20(37)33-13-2-3-15(24)16(8-13)38-14-4-6-36(11-14)7-5-22(25,26)27/h2-3,8-10,14H,4-7,11H2,1H3,(H,32,34)(H,33,37). The maximum Gasteiger partial charge on any atom is 0.434 e. The van der Waals surface area contributed by atoms with Gasteiger partial charge in [-0.25, -0.2) is 14.4 Å². The summed E-state index contributed by atoms with van der Waals surface area (Å²) in [5.41, 5.74) is -0.588. The van der Waals surface area contributed by atoms with Crippen LogP contribution in [0, 0.1) is 12.7 Å². The lowest BCUT2D eigenvalue weighted by Gasteiger charge is -2.18. The molecule has 1 aliphatic heterocycles. The summed E-state index contributed by atoms with van der Waals surface area (Å²) in [5.74, 6) is -1.56. The number of alkyl halides is 6. The normalized spacial score (nSPS) is 16.4. The van der Waals surface area contributed by atoms with Crippen LogP contribution in [0.3, 0.4) is 0 Å². The molecule has 1 saturated heterocycles. The highest BCUT2D eigenvalue weighted by Gasteiger charge is 2.33. The van der Waals surface area contributed by atoms with Gasteiger partial charge in [0.05, 0.1) is 30.1 Å². The third-order valence-electron chi connectivity index (χ3n) is 5.70. The summed E-state index contributed by atoms with van der Waals surface area (Å²) in [4.78, 5) is 21.6. The smallest absolute Gasteiger partial charge is 0.434 e. The van der Waals surface area contributed by atoms with Crippen LogP contribution in [0.25, 0.3) is 0 Å². The number of halogens is 7. The topological polar surface area (TPSA) is 92.3 Å². The predicted molar refractivity (Wildman–Crippen MR) is 128 cm³/mol. The second-order valence-electron chi connectivity index (χ2n) is 8.68. The van der Waals surface area contributed by atoms with Crippen molar-refractivity contribution in [2.45, 2.75) is 38.2 Å². The van der Waals surface area contributed by atoms with E-state index in [9.17, 15) is 35.5 Å². The van der Waals surface area contributed by atoms with Gasteiger partial charge < -0.3 is 15.4 Å². The Balaban J connectivity index is 1.41. The summed E-state index contributed by atoms with van der Waals surface area (Å²) in [6.07, 6.45) is -8.56. The van der Waals surface area contributed by atoms with E-state index >= 15 is 0 Å². The van der Waals surface area contributed by atoms with Gasteiger partial charge in [-0.3, -0.25) is 9.69 Å². The Bertz CT molecular complexity index is 1310. The van der Waals surface area contributed by atoms with Crippen molar-refractivity contribution in [2.24, 2.45) is 0 Å². The van der Waals surface area contributed by atoms with Gasteiger partial charge in [0.2, 0.25) is 0 Å². The molecule has 8 nitrogen and oxygen atoms in total. The number of benzene rings is 1. The van der Waals surface area contributed by atoms with Crippen molar-refractivity contribution in [1.82, 2.24) is 19.2 Å². The Morgan fingerprint density at radius 3 is 2.62 bits per heavy atom. The summed E-state index contributed by atoms with van der Waals surface area (Å²) in [6, 6.07) is 3.64. The van der Waals surface area contributed by atoms with Crippen LogP contribution in [-0.4, -0.2) is 57.1 Å². The highest BCUT2D eigenvalue weighted by molar-refractivity contribution is 7.10. The van der Waals surface area contributed by atoms with Crippen molar-refractivity contribution in [3.05, 3.63) is 53.4 Å². The fourth-order valence-corrected chi connectivity index (χ4v) is 4.61. The van der Waals surface area contributed by atoms with Crippen LogP contribution in [0.2, 0.25) is 0 Å². The van der Waals surface area contributed by atoms with E-state index in [-0.39, 0.29) is 40.9 Å². The summed E-state index contributed by atoms with van der Waals surface area (Å²) < 4.78 is 99.8. The number of aryl methyl sites for hydroxylation is 1. The van der Waals surface area contributed by atoms with E-state index in [1.165, 1.54) is 12.1 Å². The molecule has 2 aromatic heterocycles. The second-order valence-corrected chi connectivity index (χ2v) is 9.45. The summed E-state index contributed by atoms with van der Waals surface area (Å²) in [7, 11) is 0. The van der Waals surface area contributed by atoms with Crippen LogP contribution in [0.15, 0.2) is 30.6 Å². The third-order valence-corrected chi connectivity index (χ3v) is 6.55. The van der Waals surface area contributed by atoms with Gasteiger partial charge in [-0.1, -0.05) is 0 Å². The van der Waals surface area contributed by atoms with Crippen LogP contribution in [0.1, 0.15) is 34.6 Å². The quantitative estimate of drug-likeness (QED) is 0.327. The van der Waals surface area contributed by atoms with Gasteiger partial charge in [0, 0.05) is 31.4 Å². The molecule has 39 heavy (non-hydrogen) atoms. The number of hydrogen-bond acceptors (Lipinski definition) is 8. The zero-order valence-electron chi connectivity index (χ0n) is 20.2. The average molecular weight is 579 g/mol. The first-order valence-electron chi connectivity index (χ1n) is 11.5. The molecule has 1 amide bonds. The fourth-order valence-electron chi connectivity index (χ4n) is 3.80. The number of amides is 1. The minimum Gasteiger partial charge on any atom is -0.486 e. The van der Waals surface area contributed by atoms with E-state index in [0.717, 1.165) is 23.8 Å². The Morgan fingerprint density at radius 1 is 1.18 bits per heavy atom. The first-order valence-corrected chi connectivity index (χ1v) is 12.2. The minimum atomic E-state index is -4.65. The molecule has 0 bridgehead atoms. The minimum absolute atomic E-state index is 0.0426. The molecule has 1 atom stereocenters. The number of hydrogen-bond donors (Lipinski definition) is 2. The zero-order valence-corrected chi connectivity index (χ0v) is 21.0. The van der Waals surface area contributed by atoms with Crippen molar-refractivity contribution < 1.29 is 40.3 Å². The van der Waals surface area contributed by atoms with Gasteiger partial charge >= 0.3 is 12.4 Å². The number of aromatic nitrogens is 3. The molecule has 3 aromatic rings. The molecule has 3 heterocycles. The number of carbonyl (C=O) groups excluding carboxylic acids is 1. The van der Waals surface area contributed by atoms with Crippen molar-refractivity contribution in [1.29, 1.82) is 0 Å². The Labute approximate surface area is 221 Å². The van der Waals surface area contributed by atoms with E-state index in [1.807, 2.05) is 0 Å². The molecule has 0 radical (unpaired) electrons. The molecular weight excluding hydrogens is 557 g/mol. The van der Waals surface area contributed by atoms with E-state index in [0.29, 0.717) is 24.9 Å². The molecule has 1 fully saturated rings. The van der Waals surface area contributed by atoms with Crippen LogP contribution in [0.4, 0.5) is 47.2 Å². The number of anilines is 3. The third kappa shape index (κ3) is 7.53. The van der Waals surface area contributed by atoms with Crippen molar-refractivity contribution in [3.63, 3.8) is 0 Å². The zero-order chi connectivity index (χ0) is 28.4. The Morgan fingerprint density at radius 2 is 1.95 bits per heavy atom. The van der Waals surface area contributed by atoms with Gasteiger partial charge in [-0.15, -0.1) is 0 Å². The number of likely N-dealkylation sites (tertiary alicyclic amines) is 1. The lowest BCUT2D eigenvalue weighted by atomic mass is 10.2. The molecular formula is C23H21F7N6O2S. The number of ether oxygens (including phenoxy) is 1. The molecule has 1 unspecified atom stereocenters. The Hall–Kier alpha value is -3.53. The highest BCUT2D eigenvalue weighted by Crippen LogP contribution is 2.31. The van der Waals surface area contributed by atoms with E-state index in [4.69, 9.17) is 4.74 Å². The summed E-state index contributed by atoms with van der Waals surface area (Å²) in [5, 5.41) is 5.52. The maximum absolute atomic E-state index is 14.4. The molecule has 210 valence electrons. The molecule has 1 aromatic carbocycles. The van der Waals surface area contributed by atoms with Gasteiger partial charge in [-0.2, -0.15) is 30.7 Å². The molecule has 16 heteroatoms. The summed E-state index contributed by atoms with van der Waals surface area (Å²) >= 11 is 0.880. The van der Waals surface area contributed by atoms with Gasteiger partial charge in [0.15, 0.2) is 17.3 Å². The molecule has 0 aliphatic carbocycles. The number of rotatable bonds is 8.